The molecule has 0 aromatic heterocycles. The molecule has 434 valence electrons. The molecular weight excluding hydrogens is 1080 g/mol. The molecule has 10 amide bonds. The predicted molar refractivity (Wildman–Crippen MR) is 290 cm³/mol. The van der Waals surface area contributed by atoms with Gasteiger partial charge < -0.3 is 85.3 Å². The molecule has 1 aromatic carbocycles. The number of likely N-dealkylation sites (tertiary alicyclic amines) is 1. The van der Waals surface area contributed by atoms with Gasteiger partial charge in [0.1, 0.15) is 48.3 Å². The molecule has 32 heteroatoms. The maximum Gasteiger partial charge on any atom is 0.325 e. The van der Waals surface area contributed by atoms with Gasteiger partial charge in [0.2, 0.25) is 59.1 Å². The highest BCUT2D eigenvalue weighted by molar-refractivity contribution is 7.98. The SMILES string of the molecule is CSCC[C@H](NC(=O)CNC(=O)[C@H](CS)NC(=O)CNC(=O)[C@H](CCCN=C(N)N)NC(=O)[C@@H]1CCCN1C(=O)[C@H](CC(=O)O)NC(=O)[C@@H](NC(=O)[C@@H](N)CS)[C@@H](C)O)C(=O)N[C@@H](Cc1ccccc1)C(=O)N[C@@H](C)C(=O)O. The van der Waals surface area contributed by atoms with E-state index in [-0.39, 0.29) is 69.1 Å². The summed E-state index contributed by atoms with van der Waals surface area (Å²) < 4.78 is 0. The quantitative estimate of drug-likeness (QED) is 0.0132. The molecule has 0 unspecified atom stereocenters. The summed E-state index contributed by atoms with van der Waals surface area (Å²) in [7, 11) is 0. The molecule has 2 rings (SSSR count). The number of carboxylic acids is 2. The molecule has 78 heavy (non-hydrogen) atoms. The number of carbonyl (C=O) groups excluding carboxylic acids is 10. The van der Waals surface area contributed by atoms with E-state index in [9.17, 15) is 72.9 Å². The summed E-state index contributed by atoms with van der Waals surface area (Å²) in [5.74, 6) is -12.0. The average Bonchev–Trinajstić information content (AvgIpc) is 3.89. The Bertz CT molecular complexity index is 2300. The number of aliphatic hydroxyl groups is 1. The van der Waals surface area contributed by atoms with Crippen molar-refractivity contribution < 1.29 is 72.9 Å². The van der Waals surface area contributed by atoms with Gasteiger partial charge in [-0.2, -0.15) is 37.0 Å². The van der Waals surface area contributed by atoms with E-state index in [2.05, 4.69) is 78.1 Å². The molecule has 1 aliphatic heterocycles. The minimum absolute atomic E-state index is 0.00744. The summed E-state index contributed by atoms with van der Waals surface area (Å²) in [6, 6.07) is -3.78. The van der Waals surface area contributed by atoms with Crippen molar-refractivity contribution in [2.75, 3.05) is 49.7 Å². The Labute approximate surface area is 464 Å². The Hall–Kier alpha value is -6.90. The molecule has 10 atom stereocenters. The van der Waals surface area contributed by atoms with Crippen LogP contribution in [0.3, 0.4) is 0 Å². The number of nitrogens with two attached hydrogens (primary N) is 3. The third-order valence-corrected chi connectivity index (χ3v) is 13.0. The number of amides is 10. The minimum Gasteiger partial charge on any atom is -0.481 e. The van der Waals surface area contributed by atoms with Gasteiger partial charge in [-0.15, -0.1) is 0 Å². The number of aliphatic carboxylic acids is 2. The van der Waals surface area contributed by atoms with Crippen molar-refractivity contribution in [1.29, 1.82) is 0 Å². The van der Waals surface area contributed by atoms with E-state index < -0.39 is 151 Å². The number of hydrogen-bond donors (Lipinski definition) is 17. The van der Waals surface area contributed by atoms with E-state index in [1.165, 1.54) is 18.7 Å². The van der Waals surface area contributed by atoms with Crippen LogP contribution in [0.4, 0.5) is 0 Å². The zero-order valence-electron chi connectivity index (χ0n) is 43.2. The van der Waals surface area contributed by atoms with Crippen LogP contribution in [-0.4, -0.2) is 207 Å². The van der Waals surface area contributed by atoms with Crippen molar-refractivity contribution in [3.8, 4) is 0 Å². The molecule has 1 heterocycles. The van der Waals surface area contributed by atoms with Crippen LogP contribution in [0.5, 0.6) is 0 Å². The zero-order chi connectivity index (χ0) is 58.6. The van der Waals surface area contributed by atoms with E-state index in [0.717, 1.165) is 11.8 Å². The van der Waals surface area contributed by atoms with Crippen molar-refractivity contribution in [2.45, 2.75) is 119 Å². The van der Waals surface area contributed by atoms with Crippen molar-refractivity contribution in [3.63, 3.8) is 0 Å². The lowest BCUT2D eigenvalue weighted by molar-refractivity contribution is -0.146. The number of guanidine groups is 1. The monoisotopic (exact) mass is 1160 g/mol. The second-order valence-corrected chi connectivity index (χ2v) is 19.5. The summed E-state index contributed by atoms with van der Waals surface area (Å²) in [6.07, 6.45) is -0.368. The Kier molecular flexibility index (Phi) is 30.0. The van der Waals surface area contributed by atoms with Crippen LogP contribution < -0.4 is 65.1 Å². The number of nitrogens with one attached hydrogen (secondary N) is 9. The fourth-order valence-electron chi connectivity index (χ4n) is 7.41. The summed E-state index contributed by atoms with van der Waals surface area (Å²) in [4.78, 5) is 161. The molecule has 18 N–H and O–H groups in total. The van der Waals surface area contributed by atoms with E-state index in [1.54, 1.807) is 36.6 Å². The number of nitrogens with zero attached hydrogens (tertiary/aromatic N) is 2. The van der Waals surface area contributed by atoms with Gasteiger partial charge in [0, 0.05) is 31.0 Å². The highest BCUT2D eigenvalue weighted by Crippen LogP contribution is 2.20. The van der Waals surface area contributed by atoms with Gasteiger partial charge in [0.15, 0.2) is 5.96 Å². The lowest BCUT2D eigenvalue weighted by Crippen LogP contribution is -2.61. The fraction of sp³-hybridized carbons (Fsp3) is 0.587. The van der Waals surface area contributed by atoms with Crippen LogP contribution in [0.2, 0.25) is 0 Å². The average molecular weight is 1160 g/mol. The maximum atomic E-state index is 13.9. The Balaban J connectivity index is 2.14. The second-order valence-electron chi connectivity index (χ2n) is 17.8. The number of thioether (sulfide) groups is 1. The van der Waals surface area contributed by atoms with Crippen LogP contribution in [0.1, 0.15) is 57.9 Å². The van der Waals surface area contributed by atoms with Gasteiger partial charge in [-0.05, 0) is 63.5 Å². The topological polar surface area (TPSA) is 467 Å². The lowest BCUT2D eigenvalue weighted by atomic mass is 10.0. The van der Waals surface area contributed by atoms with Crippen molar-refractivity contribution in [2.24, 2.45) is 22.2 Å². The first-order valence-electron chi connectivity index (χ1n) is 24.5. The van der Waals surface area contributed by atoms with Crippen LogP contribution in [0, 0.1) is 0 Å². The van der Waals surface area contributed by atoms with Crippen molar-refractivity contribution >= 4 is 114 Å². The van der Waals surface area contributed by atoms with E-state index in [4.69, 9.17) is 17.2 Å². The standard InChI is InChI=1S/C46H72N14O15S3/c1-23(45(74)75)53-41(70)29(17-25-9-5-4-6-10-25)57-40(69)28(13-16-78-3)54-33(62)19-52-39(68)31(22-77)55-34(63)20-51-38(67)27(11-7-14-50-46(48)49)56-42(71)32-12-8-15-60(32)44(73)30(18-35(64)65)58-43(72)36(24(2)61)59-37(66)26(47)21-76/h4-6,9-10,23-24,26-32,36,61,76-77H,7-8,11-22,47H2,1-3H3,(H,51,67)(H,52,68)(H,53,70)(H,54,62)(H,55,63)(H,56,71)(H,57,69)(H,58,72)(H,59,66)(H,64,65)(H,74,75)(H4,48,49,50)/t23-,24+,26-,27-,28-,29-,30-,31-,32-,36-/m0/s1. The molecule has 0 saturated carbocycles. The van der Waals surface area contributed by atoms with Crippen LogP contribution in [0.15, 0.2) is 35.3 Å². The van der Waals surface area contributed by atoms with Gasteiger partial charge in [-0.3, -0.25) is 62.5 Å². The Morgan fingerprint density at radius 1 is 0.718 bits per heavy atom. The highest BCUT2D eigenvalue weighted by Gasteiger charge is 2.41. The van der Waals surface area contributed by atoms with Gasteiger partial charge in [0.05, 0.1) is 31.7 Å². The van der Waals surface area contributed by atoms with E-state index in [0.29, 0.717) is 11.3 Å². The molecule has 1 fully saturated rings. The first-order valence-corrected chi connectivity index (χ1v) is 27.1. The van der Waals surface area contributed by atoms with Gasteiger partial charge in [-0.1, -0.05) is 30.3 Å². The van der Waals surface area contributed by atoms with Gasteiger partial charge in [0.25, 0.3) is 0 Å². The first kappa shape index (κ1) is 67.2. The number of aliphatic imine (C=N–C) groups is 1. The first-order chi connectivity index (χ1) is 36.8. The van der Waals surface area contributed by atoms with E-state index in [1.807, 2.05) is 0 Å². The molecule has 1 aliphatic rings. The molecule has 0 radical (unpaired) electrons. The molecule has 29 nitrogen and oxygen atoms in total. The normalized spacial score (nSPS) is 16.3. The molecular formula is C46H72N14O15S3. The van der Waals surface area contributed by atoms with Crippen LogP contribution in [-0.2, 0) is 64.0 Å². The minimum atomic E-state index is -1.79. The molecule has 1 aromatic rings. The summed E-state index contributed by atoms with van der Waals surface area (Å²) in [5.41, 5.74) is 17.2. The predicted octanol–water partition coefficient (Wildman–Crippen LogP) is -6.20. The molecule has 0 aliphatic carbocycles. The number of carboxylic acid groups (broad SMARTS) is 2. The van der Waals surface area contributed by atoms with Crippen LogP contribution >= 0.6 is 37.0 Å². The van der Waals surface area contributed by atoms with Crippen molar-refractivity contribution in [3.05, 3.63) is 35.9 Å². The number of carbonyl (C=O) groups is 12. The van der Waals surface area contributed by atoms with Crippen molar-refractivity contribution in [1.82, 2.24) is 52.8 Å². The lowest BCUT2D eigenvalue weighted by Gasteiger charge is -2.30. The van der Waals surface area contributed by atoms with Gasteiger partial charge >= 0.3 is 11.9 Å². The molecule has 0 spiro atoms. The highest BCUT2D eigenvalue weighted by atomic mass is 32.2. The van der Waals surface area contributed by atoms with Crippen LogP contribution in [0.25, 0.3) is 0 Å². The number of benzene rings is 1. The Morgan fingerprint density at radius 3 is 1.85 bits per heavy atom. The number of aliphatic hydroxyl groups excluding tert-OH is 1. The third kappa shape index (κ3) is 23.8. The summed E-state index contributed by atoms with van der Waals surface area (Å²) in [5, 5.41) is 50.8. The zero-order valence-corrected chi connectivity index (χ0v) is 45.8. The third-order valence-electron chi connectivity index (χ3n) is 11.6. The van der Waals surface area contributed by atoms with E-state index >= 15 is 0 Å². The number of hydrogen-bond acceptors (Lipinski definition) is 18. The number of rotatable bonds is 34. The molecule has 0 bridgehead atoms. The Morgan fingerprint density at radius 2 is 1.29 bits per heavy atom. The maximum absolute atomic E-state index is 13.9. The largest absolute Gasteiger partial charge is 0.481 e. The smallest absolute Gasteiger partial charge is 0.325 e. The molecule has 1 saturated heterocycles. The summed E-state index contributed by atoms with van der Waals surface area (Å²) >= 11 is 9.42. The summed E-state index contributed by atoms with van der Waals surface area (Å²) in [6.45, 7) is 0.918. The second kappa shape index (κ2) is 34.8. The number of thiol groups is 2. The fourth-order valence-corrected chi connectivity index (χ4v) is 8.30. The van der Waals surface area contributed by atoms with Gasteiger partial charge in [-0.25, -0.2) is 0 Å².